The minimum atomic E-state index is -3.75. The Labute approximate surface area is 164 Å². The molecule has 0 N–H and O–H groups in total. The number of hydrogen-bond donors (Lipinski definition) is 0. The van der Waals surface area contributed by atoms with Crippen molar-refractivity contribution in [2.45, 2.75) is 16.2 Å². The summed E-state index contributed by atoms with van der Waals surface area (Å²) in [4.78, 5) is 3.07. The summed E-state index contributed by atoms with van der Waals surface area (Å²) in [6, 6.07) is 10.5. The van der Waals surface area contributed by atoms with Crippen LogP contribution in [0.4, 0.5) is 10.1 Å². The highest BCUT2D eigenvalue weighted by atomic mass is 32.2. The van der Waals surface area contributed by atoms with E-state index in [1.807, 2.05) is 26.2 Å². The average Bonchev–Trinajstić information content (AvgIpc) is 2.65. The Morgan fingerprint density at radius 1 is 1.19 bits per heavy atom. The van der Waals surface area contributed by atoms with Crippen LogP contribution < -0.4 is 9.04 Å². The first-order valence-corrected chi connectivity index (χ1v) is 11.1. The Morgan fingerprint density at radius 3 is 2.63 bits per heavy atom. The quantitative estimate of drug-likeness (QED) is 0.655. The van der Waals surface area contributed by atoms with Crippen molar-refractivity contribution in [2.75, 3.05) is 43.8 Å². The molecule has 146 valence electrons. The number of nitrogens with zero attached hydrogens (tertiary/aromatic N) is 2. The van der Waals surface area contributed by atoms with E-state index in [1.54, 1.807) is 17.8 Å². The molecule has 0 atom stereocenters. The van der Waals surface area contributed by atoms with Crippen molar-refractivity contribution < 1.29 is 17.5 Å². The molecule has 0 radical (unpaired) electrons. The molecule has 0 saturated heterocycles. The molecule has 0 unspecified atom stereocenters. The predicted molar refractivity (Wildman–Crippen MR) is 107 cm³/mol. The fourth-order valence-corrected chi connectivity index (χ4v) is 5.44. The number of fused-ring (bicyclic) bond motifs is 1. The summed E-state index contributed by atoms with van der Waals surface area (Å²) in [7, 11) is 0.262. The molecular weight excluding hydrogens is 387 g/mol. The normalized spacial score (nSPS) is 14.3. The zero-order valence-corrected chi connectivity index (χ0v) is 17.0. The van der Waals surface area contributed by atoms with Gasteiger partial charge in [-0.2, -0.15) is 0 Å². The number of rotatable bonds is 7. The van der Waals surface area contributed by atoms with Crippen molar-refractivity contribution in [2.24, 2.45) is 0 Å². The van der Waals surface area contributed by atoms with Crippen LogP contribution in [0.15, 0.2) is 52.3 Å². The van der Waals surface area contributed by atoms with Gasteiger partial charge in [0.25, 0.3) is 10.0 Å². The van der Waals surface area contributed by atoms with Crippen molar-refractivity contribution in [3.05, 3.63) is 48.3 Å². The number of hydrogen-bond acceptors (Lipinski definition) is 5. The van der Waals surface area contributed by atoms with Crippen LogP contribution in [0.2, 0.25) is 0 Å². The molecule has 0 aromatic heterocycles. The van der Waals surface area contributed by atoms with Crippen molar-refractivity contribution >= 4 is 27.5 Å². The molecule has 0 saturated carbocycles. The van der Waals surface area contributed by atoms with Crippen molar-refractivity contribution in [3.8, 4) is 5.75 Å². The first-order chi connectivity index (χ1) is 12.9. The molecule has 1 heterocycles. The molecule has 0 bridgehead atoms. The van der Waals surface area contributed by atoms with Crippen LogP contribution in [0.5, 0.6) is 5.75 Å². The Kier molecular flexibility index (Phi) is 6.29. The second-order valence-corrected chi connectivity index (χ2v) is 9.51. The van der Waals surface area contributed by atoms with Crippen LogP contribution >= 0.6 is 11.8 Å². The van der Waals surface area contributed by atoms with Crippen LogP contribution in [0.1, 0.15) is 6.42 Å². The van der Waals surface area contributed by atoms with Gasteiger partial charge in [0.05, 0.1) is 17.2 Å². The number of halogens is 1. The van der Waals surface area contributed by atoms with Crippen LogP contribution in [0.25, 0.3) is 0 Å². The second kappa shape index (κ2) is 8.50. The van der Waals surface area contributed by atoms with E-state index in [0.29, 0.717) is 30.3 Å². The first kappa shape index (κ1) is 20.0. The van der Waals surface area contributed by atoms with E-state index >= 15 is 0 Å². The van der Waals surface area contributed by atoms with Gasteiger partial charge in [-0.15, -0.1) is 11.8 Å². The predicted octanol–water partition coefficient (Wildman–Crippen LogP) is 3.46. The van der Waals surface area contributed by atoms with Gasteiger partial charge in [-0.25, -0.2) is 12.8 Å². The molecule has 27 heavy (non-hydrogen) atoms. The molecule has 1 aliphatic heterocycles. The zero-order chi connectivity index (χ0) is 19.4. The number of thioether (sulfide) groups is 1. The Morgan fingerprint density at radius 2 is 1.93 bits per heavy atom. The lowest BCUT2D eigenvalue weighted by Gasteiger charge is -2.30. The monoisotopic (exact) mass is 410 g/mol. The highest BCUT2D eigenvalue weighted by molar-refractivity contribution is 8.00. The maximum absolute atomic E-state index is 13.2. The fraction of sp³-hybridized carbons (Fsp3) is 0.368. The summed E-state index contributed by atoms with van der Waals surface area (Å²) >= 11 is 1.62. The number of sulfonamides is 1. The lowest BCUT2D eigenvalue weighted by Crippen LogP contribution is -2.35. The van der Waals surface area contributed by atoms with Crippen LogP contribution in [0.3, 0.4) is 0 Å². The Bertz CT molecular complexity index is 886. The smallest absolute Gasteiger partial charge is 0.264 e. The van der Waals surface area contributed by atoms with Gasteiger partial charge in [0, 0.05) is 29.8 Å². The van der Waals surface area contributed by atoms with E-state index in [4.69, 9.17) is 4.74 Å². The van der Waals surface area contributed by atoms with Crippen molar-refractivity contribution in [1.29, 1.82) is 0 Å². The lowest BCUT2D eigenvalue weighted by atomic mass is 10.3. The third-order valence-corrected chi connectivity index (χ3v) is 7.04. The van der Waals surface area contributed by atoms with E-state index in [0.717, 1.165) is 30.0 Å². The molecule has 0 amide bonds. The van der Waals surface area contributed by atoms with Gasteiger partial charge < -0.3 is 9.64 Å². The van der Waals surface area contributed by atoms with Gasteiger partial charge in [-0.05, 0) is 56.9 Å². The van der Waals surface area contributed by atoms with Gasteiger partial charge in [0.2, 0.25) is 0 Å². The number of ether oxygens (including phenoxy) is 1. The molecule has 0 spiro atoms. The largest absolute Gasteiger partial charge is 0.493 e. The molecular formula is C19H23FN2O3S2. The Balaban J connectivity index is 1.84. The van der Waals surface area contributed by atoms with E-state index in [9.17, 15) is 12.8 Å². The Hall–Kier alpha value is -1.77. The van der Waals surface area contributed by atoms with Crippen LogP contribution in [-0.2, 0) is 10.0 Å². The van der Waals surface area contributed by atoms with Crippen LogP contribution in [0, 0.1) is 5.82 Å². The van der Waals surface area contributed by atoms with Gasteiger partial charge >= 0.3 is 0 Å². The van der Waals surface area contributed by atoms with Crippen molar-refractivity contribution in [3.63, 3.8) is 0 Å². The summed E-state index contributed by atoms with van der Waals surface area (Å²) < 4.78 is 46.5. The molecule has 2 aromatic carbocycles. The summed E-state index contributed by atoms with van der Waals surface area (Å²) in [5.41, 5.74) is 0.612. The van der Waals surface area contributed by atoms with Gasteiger partial charge in [0.1, 0.15) is 11.6 Å². The number of benzene rings is 2. The maximum atomic E-state index is 13.2. The standard InChI is InChI=1S/C19H23FN2O3S2/c1-21(2)10-3-12-25-16-6-9-19-18(14-16)22(11-13-26-19)27(23,24)17-7-4-15(20)5-8-17/h4-9,14H,3,10-13H2,1-2H3. The van der Waals surface area contributed by atoms with Gasteiger partial charge in [-0.1, -0.05) is 0 Å². The van der Waals surface area contributed by atoms with Gasteiger partial charge in [0.15, 0.2) is 0 Å². The summed E-state index contributed by atoms with van der Waals surface area (Å²) in [6.45, 7) is 1.85. The molecule has 0 aliphatic carbocycles. The van der Waals surface area contributed by atoms with E-state index in [-0.39, 0.29) is 4.90 Å². The second-order valence-electron chi connectivity index (χ2n) is 6.51. The summed E-state index contributed by atoms with van der Waals surface area (Å²) in [5, 5.41) is 0. The molecule has 5 nitrogen and oxygen atoms in total. The molecule has 2 aromatic rings. The third-order valence-electron chi connectivity index (χ3n) is 4.17. The third kappa shape index (κ3) is 4.75. The highest BCUT2D eigenvalue weighted by Crippen LogP contribution is 2.40. The van der Waals surface area contributed by atoms with Crippen molar-refractivity contribution in [1.82, 2.24) is 4.90 Å². The number of anilines is 1. The maximum Gasteiger partial charge on any atom is 0.264 e. The molecule has 1 aliphatic rings. The lowest BCUT2D eigenvalue weighted by molar-refractivity contribution is 0.281. The fourth-order valence-electron chi connectivity index (χ4n) is 2.82. The topological polar surface area (TPSA) is 49.9 Å². The SMILES string of the molecule is CN(C)CCCOc1ccc2c(c1)N(S(=O)(=O)c1ccc(F)cc1)CCS2. The van der Waals surface area contributed by atoms with Crippen LogP contribution in [-0.4, -0.2) is 52.9 Å². The zero-order valence-electron chi connectivity index (χ0n) is 15.4. The van der Waals surface area contributed by atoms with Gasteiger partial charge in [-0.3, -0.25) is 4.31 Å². The average molecular weight is 411 g/mol. The van der Waals surface area contributed by atoms with E-state index < -0.39 is 15.8 Å². The summed E-state index contributed by atoms with van der Waals surface area (Å²) in [5.74, 6) is 0.850. The van der Waals surface area contributed by atoms with E-state index in [2.05, 4.69) is 4.90 Å². The molecule has 8 heteroatoms. The highest BCUT2D eigenvalue weighted by Gasteiger charge is 2.30. The minimum absolute atomic E-state index is 0.0825. The first-order valence-electron chi connectivity index (χ1n) is 8.70. The summed E-state index contributed by atoms with van der Waals surface area (Å²) in [6.07, 6.45) is 0.885. The minimum Gasteiger partial charge on any atom is -0.493 e. The molecule has 0 fully saturated rings. The van der Waals surface area contributed by atoms with E-state index in [1.165, 1.54) is 16.4 Å². The molecule has 3 rings (SSSR count).